The number of benzene rings is 2. The Labute approximate surface area is 124 Å². The van der Waals surface area contributed by atoms with E-state index in [1.807, 2.05) is 12.1 Å². The van der Waals surface area contributed by atoms with Crippen molar-refractivity contribution < 1.29 is 9.66 Å². The quantitative estimate of drug-likeness (QED) is 0.667. The average Bonchev–Trinajstić information content (AvgIpc) is 2.43. The van der Waals surface area contributed by atoms with Crippen LogP contribution in [-0.2, 0) is 6.42 Å². The third-order valence-corrected chi connectivity index (χ3v) is 3.20. The first-order valence-corrected chi connectivity index (χ1v) is 6.80. The van der Waals surface area contributed by atoms with Crippen LogP contribution in [0, 0.1) is 10.1 Å². The molecule has 0 atom stereocenters. The maximum atomic E-state index is 11.0. The van der Waals surface area contributed by atoms with Crippen LogP contribution >= 0.6 is 15.9 Å². The lowest BCUT2D eigenvalue weighted by molar-refractivity contribution is -0.385. The van der Waals surface area contributed by atoms with Gasteiger partial charge in [-0.25, -0.2) is 0 Å². The van der Waals surface area contributed by atoms with Gasteiger partial charge in [-0.05, 0) is 42.8 Å². The molecule has 0 heterocycles. The molecule has 2 rings (SSSR count). The van der Waals surface area contributed by atoms with Gasteiger partial charge in [-0.2, -0.15) is 0 Å². The minimum Gasteiger partial charge on any atom is -0.450 e. The molecule has 2 aromatic rings. The van der Waals surface area contributed by atoms with Crippen LogP contribution in [0.1, 0.15) is 5.56 Å². The molecule has 0 aliphatic carbocycles. The molecule has 0 radical (unpaired) electrons. The number of ether oxygens (including phenoxy) is 1. The number of rotatable bonds is 5. The number of nitro benzene ring substituents is 1. The minimum absolute atomic E-state index is 0.0783. The average molecular weight is 337 g/mol. The van der Waals surface area contributed by atoms with Crippen LogP contribution in [0.5, 0.6) is 11.5 Å². The van der Waals surface area contributed by atoms with Gasteiger partial charge in [-0.1, -0.05) is 28.1 Å². The van der Waals surface area contributed by atoms with Crippen molar-refractivity contribution in [1.82, 2.24) is 0 Å². The van der Waals surface area contributed by atoms with Crippen molar-refractivity contribution in [1.29, 1.82) is 0 Å². The molecule has 0 spiro atoms. The first-order chi connectivity index (χ1) is 9.60. The van der Waals surface area contributed by atoms with Crippen molar-refractivity contribution in [3.8, 4) is 11.5 Å². The van der Waals surface area contributed by atoms with Crippen LogP contribution in [0.2, 0.25) is 0 Å². The highest BCUT2D eigenvalue weighted by Gasteiger charge is 2.16. The van der Waals surface area contributed by atoms with Gasteiger partial charge in [0.1, 0.15) is 5.75 Å². The molecule has 104 valence electrons. The number of hydrogen-bond donors (Lipinski definition) is 1. The first-order valence-electron chi connectivity index (χ1n) is 6.01. The number of nitro groups is 1. The topological polar surface area (TPSA) is 78.4 Å². The van der Waals surface area contributed by atoms with Crippen LogP contribution in [0.25, 0.3) is 0 Å². The second-order valence-corrected chi connectivity index (χ2v) is 5.07. The summed E-state index contributed by atoms with van der Waals surface area (Å²) in [5.41, 5.74) is 6.50. The number of halogens is 1. The lowest BCUT2D eigenvalue weighted by atomic mass is 10.1. The Morgan fingerprint density at radius 3 is 2.50 bits per heavy atom. The zero-order chi connectivity index (χ0) is 14.5. The standard InChI is InChI=1S/C14H13BrN2O3/c15-11-3-6-14(13(9-11)17(18)19)20-12-4-1-10(2-5-12)7-8-16/h1-6,9H,7-8,16H2. The molecule has 0 saturated heterocycles. The molecule has 0 saturated carbocycles. The van der Waals surface area contributed by atoms with Gasteiger partial charge in [0.05, 0.1) is 4.92 Å². The maximum absolute atomic E-state index is 11.0. The van der Waals surface area contributed by atoms with E-state index in [1.54, 1.807) is 24.3 Å². The predicted octanol–water partition coefficient (Wildman–Crippen LogP) is 3.65. The Balaban J connectivity index is 2.23. The van der Waals surface area contributed by atoms with E-state index in [2.05, 4.69) is 15.9 Å². The summed E-state index contributed by atoms with van der Waals surface area (Å²) in [5, 5.41) is 11.0. The highest BCUT2D eigenvalue weighted by Crippen LogP contribution is 2.33. The Morgan fingerprint density at radius 1 is 1.20 bits per heavy atom. The fourth-order valence-corrected chi connectivity index (χ4v) is 2.09. The van der Waals surface area contributed by atoms with E-state index in [9.17, 15) is 10.1 Å². The molecule has 6 heteroatoms. The summed E-state index contributed by atoms with van der Waals surface area (Å²) in [6, 6.07) is 12.0. The van der Waals surface area contributed by atoms with Crippen LogP contribution in [0.4, 0.5) is 5.69 Å². The molecule has 0 unspecified atom stereocenters. The van der Waals surface area contributed by atoms with Gasteiger partial charge in [0.2, 0.25) is 5.75 Å². The van der Waals surface area contributed by atoms with Crippen LogP contribution in [-0.4, -0.2) is 11.5 Å². The van der Waals surface area contributed by atoms with Crippen molar-refractivity contribution >= 4 is 21.6 Å². The van der Waals surface area contributed by atoms with Crippen molar-refractivity contribution in [2.75, 3.05) is 6.54 Å². The second-order valence-electron chi connectivity index (χ2n) is 4.15. The summed E-state index contributed by atoms with van der Waals surface area (Å²) >= 11 is 3.20. The van der Waals surface area contributed by atoms with Crippen molar-refractivity contribution in [3.05, 3.63) is 62.6 Å². The smallest absolute Gasteiger partial charge is 0.312 e. The summed E-state index contributed by atoms with van der Waals surface area (Å²) in [6.45, 7) is 0.582. The predicted molar refractivity (Wildman–Crippen MR) is 80.1 cm³/mol. The van der Waals surface area contributed by atoms with E-state index in [4.69, 9.17) is 10.5 Å². The molecular weight excluding hydrogens is 324 g/mol. The first kappa shape index (κ1) is 14.5. The van der Waals surface area contributed by atoms with Gasteiger partial charge in [0.25, 0.3) is 0 Å². The zero-order valence-electron chi connectivity index (χ0n) is 10.6. The molecule has 0 aliphatic heterocycles. The summed E-state index contributed by atoms with van der Waals surface area (Å²) in [6.07, 6.45) is 0.790. The van der Waals surface area contributed by atoms with E-state index >= 15 is 0 Å². The van der Waals surface area contributed by atoms with E-state index < -0.39 is 4.92 Å². The van der Waals surface area contributed by atoms with Crippen LogP contribution in [0.3, 0.4) is 0 Å². The van der Waals surface area contributed by atoms with Gasteiger partial charge in [0, 0.05) is 10.5 Å². The minimum atomic E-state index is -0.469. The third kappa shape index (κ3) is 3.55. The molecule has 2 aromatic carbocycles. The Morgan fingerprint density at radius 2 is 1.90 bits per heavy atom. The zero-order valence-corrected chi connectivity index (χ0v) is 12.2. The Hall–Kier alpha value is -1.92. The number of nitrogens with zero attached hydrogens (tertiary/aromatic N) is 1. The van der Waals surface area contributed by atoms with Crippen molar-refractivity contribution in [2.45, 2.75) is 6.42 Å². The molecule has 5 nitrogen and oxygen atoms in total. The number of nitrogens with two attached hydrogens (primary N) is 1. The monoisotopic (exact) mass is 336 g/mol. The lowest BCUT2D eigenvalue weighted by Crippen LogP contribution is -2.02. The highest BCUT2D eigenvalue weighted by atomic mass is 79.9. The number of hydrogen-bond acceptors (Lipinski definition) is 4. The van der Waals surface area contributed by atoms with Gasteiger partial charge in [-0.3, -0.25) is 10.1 Å². The molecule has 0 bridgehead atoms. The largest absolute Gasteiger partial charge is 0.450 e. The van der Waals surface area contributed by atoms with E-state index in [0.717, 1.165) is 12.0 Å². The van der Waals surface area contributed by atoms with Crippen molar-refractivity contribution in [3.63, 3.8) is 0 Å². The van der Waals surface area contributed by atoms with Crippen molar-refractivity contribution in [2.24, 2.45) is 5.73 Å². The van der Waals surface area contributed by atoms with Crippen LogP contribution in [0.15, 0.2) is 46.9 Å². The summed E-state index contributed by atoms with van der Waals surface area (Å²) < 4.78 is 6.20. The van der Waals surface area contributed by atoms with Gasteiger partial charge >= 0.3 is 5.69 Å². The Bertz CT molecular complexity index is 614. The van der Waals surface area contributed by atoms with Gasteiger partial charge in [0.15, 0.2) is 0 Å². The summed E-state index contributed by atoms with van der Waals surface area (Å²) in [7, 11) is 0. The maximum Gasteiger partial charge on any atom is 0.312 e. The fraction of sp³-hybridized carbons (Fsp3) is 0.143. The van der Waals surface area contributed by atoms with Crippen LogP contribution < -0.4 is 10.5 Å². The summed E-state index contributed by atoms with van der Waals surface area (Å²) in [5.74, 6) is 0.765. The molecule has 20 heavy (non-hydrogen) atoms. The molecule has 0 aromatic heterocycles. The Kier molecular flexibility index (Phi) is 4.70. The lowest BCUT2D eigenvalue weighted by Gasteiger charge is -2.07. The fourth-order valence-electron chi connectivity index (χ4n) is 1.74. The SMILES string of the molecule is NCCc1ccc(Oc2ccc(Br)cc2[N+](=O)[O-])cc1. The second kappa shape index (κ2) is 6.49. The molecular formula is C14H13BrN2O3. The normalized spacial score (nSPS) is 10.3. The summed E-state index contributed by atoms with van der Waals surface area (Å²) in [4.78, 5) is 10.5. The highest BCUT2D eigenvalue weighted by molar-refractivity contribution is 9.10. The molecule has 0 amide bonds. The van der Waals surface area contributed by atoms with E-state index in [1.165, 1.54) is 6.07 Å². The van der Waals surface area contributed by atoms with E-state index in [-0.39, 0.29) is 11.4 Å². The van der Waals surface area contributed by atoms with Gasteiger partial charge < -0.3 is 10.5 Å². The molecule has 2 N–H and O–H groups in total. The molecule has 0 fully saturated rings. The van der Waals surface area contributed by atoms with Gasteiger partial charge in [-0.15, -0.1) is 0 Å². The molecule has 0 aliphatic rings. The van der Waals surface area contributed by atoms with E-state index in [0.29, 0.717) is 16.8 Å². The third-order valence-electron chi connectivity index (χ3n) is 2.70.